The standard InChI is InChI=1S/C11H7Cl3N2/c12-9-2-1-8(10(13)11(9)14)6-3-7(15)5-16-4-6/h1-5H,15H2. The van der Waals surface area contributed by atoms with Crippen LogP contribution in [0, 0.1) is 0 Å². The van der Waals surface area contributed by atoms with Crippen LogP contribution in [0.5, 0.6) is 0 Å². The summed E-state index contributed by atoms with van der Waals surface area (Å²) in [4.78, 5) is 3.99. The summed E-state index contributed by atoms with van der Waals surface area (Å²) in [6.07, 6.45) is 3.23. The van der Waals surface area contributed by atoms with Gasteiger partial charge >= 0.3 is 0 Å². The summed E-state index contributed by atoms with van der Waals surface area (Å²) in [6, 6.07) is 5.25. The minimum Gasteiger partial charge on any atom is -0.397 e. The van der Waals surface area contributed by atoms with Crippen molar-refractivity contribution in [2.24, 2.45) is 0 Å². The first-order chi connectivity index (χ1) is 7.59. The van der Waals surface area contributed by atoms with E-state index in [1.165, 1.54) is 0 Å². The number of nitrogens with zero attached hydrogens (tertiary/aromatic N) is 1. The molecule has 0 bridgehead atoms. The smallest absolute Gasteiger partial charge is 0.0784 e. The first-order valence-electron chi connectivity index (χ1n) is 4.44. The molecule has 2 N–H and O–H groups in total. The molecule has 0 saturated carbocycles. The highest BCUT2D eigenvalue weighted by Gasteiger charge is 2.10. The fourth-order valence-corrected chi connectivity index (χ4v) is 2.00. The monoisotopic (exact) mass is 272 g/mol. The molecule has 0 spiro atoms. The van der Waals surface area contributed by atoms with E-state index < -0.39 is 0 Å². The van der Waals surface area contributed by atoms with Gasteiger partial charge in [0, 0.05) is 23.5 Å². The Labute approximate surface area is 108 Å². The largest absolute Gasteiger partial charge is 0.397 e. The summed E-state index contributed by atoms with van der Waals surface area (Å²) in [6.45, 7) is 0. The van der Waals surface area contributed by atoms with Crippen LogP contribution in [0.3, 0.4) is 0 Å². The van der Waals surface area contributed by atoms with Gasteiger partial charge in [0.1, 0.15) is 0 Å². The van der Waals surface area contributed by atoms with Gasteiger partial charge in [0.2, 0.25) is 0 Å². The predicted octanol–water partition coefficient (Wildman–Crippen LogP) is 4.29. The average Bonchev–Trinajstić information content (AvgIpc) is 2.26. The number of hydrogen-bond donors (Lipinski definition) is 1. The Kier molecular flexibility index (Phi) is 3.24. The zero-order valence-corrected chi connectivity index (χ0v) is 10.3. The van der Waals surface area contributed by atoms with Gasteiger partial charge in [0.05, 0.1) is 20.8 Å². The molecule has 82 valence electrons. The number of halogens is 3. The van der Waals surface area contributed by atoms with E-state index in [2.05, 4.69) is 4.98 Å². The van der Waals surface area contributed by atoms with Gasteiger partial charge in [0.15, 0.2) is 0 Å². The Balaban J connectivity index is 2.61. The lowest BCUT2D eigenvalue weighted by Crippen LogP contribution is -1.88. The molecule has 2 rings (SSSR count). The van der Waals surface area contributed by atoms with Gasteiger partial charge in [-0.05, 0) is 12.1 Å². The van der Waals surface area contributed by atoms with E-state index in [4.69, 9.17) is 40.5 Å². The van der Waals surface area contributed by atoms with Gasteiger partial charge in [-0.2, -0.15) is 0 Å². The molecule has 0 saturated heterocycles. The number of anilines is 1. The first kappa shape index (κ1) is 11.5. The van der Waals surface area contributed by atoms with Crippen molar-refractivity contribution in [2.75, 3.05) is 5.73 Å². The topological polar surface area (TPSA) is 38.9 Å². The summed E-state index contributed by atoms with van der Waals surface area (Å²) in [7, 11) is 0. The highest BCUT2D eigenvalue weighted by molar-refractivity contribution is 6.49. The number of nitrogens with two attached hydrogens (primary N) is 1. The zero-order valence-electron chi connectivity index (χ0n) is 8.05. The third-order valence-electron chi connectivity index (χ3n) is 2.11. The zero-order chi connectivity index (χ0) is 11.7. The Morgan fingerprint density at radius 2 is 1.75 bits per heavy atom. The Morgan fingerprint density at radius 3 is 2.44 bits per heavy atom. The molecule has 0 aliphatic heterocycles. The number of hydrogen-bond acceptors (Lipinski definition) is 2. The van der Waals surface area contributed by atoms with Gasteiger partial charge in [-0.15, -0.1) is 0 Å². The quantitative estimate of drug-likeness (QED) is 0.787. The van der Waals surface area contributed by atoms with E-state index in [9.17, 15) is 0 Å². The van der Waals surface area contributed by atoms with Crippen LogP contribution >= 0.6 is 34.8 Å². The predicted molar refractivity (Wildman–Crippen MR) is 69.1 cm³/mol. The molecule has 1 aromatic heterocycles. The van der Waals surface area contributed by atoms with Crippen molar-refractivity contribution < 1.29 is 0 Å². The molecule has 5 heteroatoms. The van der Waals surface area contributed by atoms with E-state index in [-0.39, 0.29) is 0 Å². The van der Waals surface area contributed by atoms with Crippen molar-refractivity contribution in [3.05, 3.63) is 45.7 Å². The van der Waals surface area contributed by atoms with Crippen LogP contribution in [-0.4, -0.2) is 4.98 Å². The van der Waals surface area contributed by atoms with E-state index >= 15 is 0 Å². The lowest BCUT2D eigenvalue weighted by atomic mass is 10.1. The lowest BCUT2D eigenvalue weighted by Gasteiger charge is -2.07. The van der Waals surface area contributed by atoms with Crippen LogP contribution in [0.2, 0.25) is 15.1 Å². The Bertz CT molecular complexity index is 541. The van der Waals surface area contributed by atoms with Gasteiger partial charge in [-0.25, -0.2) is 0 Å². The number of aromatic nitrogens is 1. The van der Waals surface area contributed by atoms with Crippen molar-refractivity contribution in [3.63, 3.8) is 0 Å². The second kappa shape index (κ2) is 4.50. The summed E-state index contributed by atoms with van der Waals surface area (Å²) in [5, 5.41) is 1.16. The summed E-state index contributed by atoms with van der Waals surface area (Å²) < 4.78 is 0. The third-order valence-corrected chi connectivity index (χ3v) is 3.40. The SMILES string of the molecule is Nc1cncc(-c2ccc(Cl)c(Cl)c2Cl)c1. The van der Waals surface area contributed by atoms with Crippen LogP contribution < -0.4 is 5.73 Å². The van der Waals surface area contributed by atoms with Gasteiger partial charge in [-0.1, -0.05) is 40.9 Å². The average molecular weight is 274 g/mol. The molecule has 0 fully saturated rings. The Morgan fingerprint density at radius 1 is 1.00 bits per heavy atom. The van der Waals surface area contributed by atoms with Crippen molar-refractivity contribution in [1.82, 2.24) is 4.98 Å². The maximum absolute atomic E-state index is 6.10. The lowest BCUT2D eigenvalue weighted by molar-refractivity contribution is 1.33. The number of benzene rings is 1. The molecule has 1 aromatic carbocycles. The van der Waals surface area contributed by atoms with Crippen molar-refractivity contribution in [3.8, 4) is 11.1 Å². The van der Waals surface area contributed by atoms with Crippen molar-refractivity contribution in [1.29, 1.82) is 0 Å². The van der Waals surface area contributed by atoms with Crippen molar-refractivity contribution >= 4 is 40.5 Å². The van der Waals surface area contributed by atoms with Crippen molar-refractivity contribution in [2.45, 2.75) is 0 Å². The normalized spacial score (nSPS) is 10.4. The molecule has 0 amide bonds. The van der Waals surface area contributed by atoms with Crippen LogP contribution in [0.4, 0.5) is 5.69 Å². The molecule has 1 heterocycles. The van der Waals surface area contributed by atoms with E-state index in [1.54, 1.807) is 30.6 Å². The van der Waals surface area contributed by atoms with Crippen LogP contribution in [0.25, 0.3) is 11.1 Å². The molecule has 0 atom stereocenters. The molecule has 0 aliphatic rings. The molecule has 0 radical (unpaired) electrons. The molecular weight excluding hydrogens is 266 g/mol. The second-order valence-corrected chi connectivity index (χ2v) is 4.39. The van der Waals surface area contributed by atoms with Crippen LogP contribution in [0.1, 0.15) is 0 Å². The molecule has 0 aliphatic carbocycles. The first-order valence-corrected chi connectivity index (χ1v) is 5.57. The highest BCUT2D eigenvalue weighted by atomic mass is 35.5. The molecule has 2 aromatic rings. The van der Waals surface area contributed by atoms with Gasteiger partial charge in [0.25, 0.3) is 0 Å². The minimum atomic E-state index is 0.336. The number of pyridine rings is 1. The van der Waals surface area contributed by atoms with E-state index in [0.717, 1.165) is 11.1 Å². The van der Waals surface area contributed by atoms with Crippen LogP contribution in [0.15, 0.2) is 30.6 Å². The fourth-order valence-electron chi connectivity index (χ4n) is 1.35. The maximum Gasteiger partial charge on any atom is 0.0784 e. The second-order valence-electron chi connectivity index (χ2n) is 3.23. The van der Waals surface area contributed by atoms with E-state index in [1.807, 2.05) is 0 Å². The van der Waals surface area contributed by atoms with E-state index in [0.29, 0.717) is 20.8 Å². The van der Waals surface area contributed by atoms with Gasteiger partial charge < -0.3 is 5.73 Å². The summed E-state index contributed by atoms with van der Waals surface area (Å²) in [5.41, 5.74) is 7.79. The third kappa shape index (κ3) is 2.09. The van der Waals surface area contributed by atoms with Crippen LogP contribution in [-0.2, 0) is 0 Å². The number of rotatable bonds is 1. The molecule has 0 unspecified atom stereocenters. The maximum atomic E-state index is 6.10. The molecule has 16 heavy (non-hydrogen) atoms. The Hall–Kier alpha value is -0.960. The van der Waals surface area contributed by atoms with Gasteiger partial charge in [-0.3, -0.25) is 4.98 Å². The molecular formula is C11H7Cl3N2. The minimum absolute atomic E-state index is 0.336. The highest BCUT2D eigenvalue weighted by Crippen LogP contribution is 2.37. The summed E-state index contributed by atoms with van der Waals surface area (Å²) in [5.74, 6) is 0. The molecule has 2 nitrogen and oxygen atoms in total. The summed E-state index contributed by atoms with van der Waals surface area (Å²) >= 11 is 17.9. The number of nitrogen functional groups attached to an aromatic ring is 1. The fraction of sp³-hybridized carbons (Fsp3) is 0.